The van der Waals surface area contributed by atoms with Gasteiger partial charge in [-0.3, -0.25) is 4.79 Å². The highest BCUT2D eigenvalue weighted by molar-refractivity contribution is 6.05. The molecule has 3 nitrogen and oxygen atoms in total. The second-order valence-corrected chi connectivity index (χ2v) is 6.84. The molecule has 1 amide bonds. The number of nitrogens with zero attached hydrogens (tertiary/aromatic N) is 1. The first-order valence-corrected chi connectivity index (χ1v) is 7.24. The van der Waals surface area contributed by atoms with Crippen LogP contribution < -0.4 is 10.9 Å². The topological polar surface area (TPSA) is 46.3 Å². The lowest BCUT2D eigenvalue weighted by molar-refractivity contribution is -0.115. The summed E-state index contributed by atoms with van der Waals surface area (Å²) in [5, 5.41) is 1.28. The molecule has 0 aliphatic heterocycles. The highest BCUT2D eigenvalue weighted by atomic mass is 16.2. The molecular formula is C17H22N2O. The number of fused-ring (bicyclic) bond motifs is 2. The van der Waals surface area contributed by atoms with Crippen LogP contribution in [0.25, 0.3) is 0 Å². The van der Waals surface area contributed by atoms with Crippen LogP contribution >= 0.6 is 0 Å². The molecular weight excluding hydrogens is 248 g/mol. The van der Waals surface area contributed by atoms with Gasteiger partial charge in [0.2, 0.25) is 0 Å². The second kappa shape index (κ2) is 4.19. The molecule has 1 aromatic rings. The number of hydrazine groups is 1. The number of para-hydroxylation sites is 1. The Morgan fingerprint density at radius 1 is 1.25 bits per heavy atom. The van der Waals surface area contributed by atoms with Crippen molar-refractivity contribution in [2.45, 2.75) is 33.6 Å². The largest absolute Gasteiger partial charge is 0.268 e. The van der Waals surface area contributed by atoms with Crippen molar-refractivity contribution in [3.05, 3.63) is 42.0 Å². The van der Waals surface area contributed by atoms with Crippen molar-refractivity contribution in [3.8, 4) is 0 Å². The fraction of sp³-hybridized carbons (Fsp3) is 0.471. The number of carbonyl (C=O) groups is 1. The van der Waals surface area contributed by atoms with Crippen molar-refractivity contribution < 1.29 is 4.79 Å². The molecule has 2 aliphatic carbocycles. The van der Waals surface area contributed by atoms with Crippen LogP contribution in [0.3, 0.4) is 0 Å². The van der Waals surface area contributed by atoms with E-state index in [1.807, 2.05) is 30.3 Å². The van der Waals surface area contributed by atoms with Gasteiger partial charge in [-0.1, -0.05) is 45.0 Å². The summed E-state index contributed by atoms with van der Waals surface area (Å²) in [5.74, 6) is 6.30. The van der Waals surface area contributed by atoms with Crippen molar-refractivity contribution in [3.63, 3.8) is 0 Å². The molecule has 0 aromatic heterocycles. The number of benzene rings is 1. The Balaban J connectivity index is 1.90. The van der Waals surface area contributed by atoms with Crippen molar-refractivity contribution >= 4 is 11.6 Å². The second-order valence-electron chi connectivity index (χ2n) is 6.84. The standard InChI is InChI=1S/C17H22N2O/c1-16(2)14-9-10-17(16,3)11-13(14)15(20)19(18)12-7-5-4-6-8-12/h4-8,11,14H,9-10,18H2,1-3H3/t14-,17+/m0/s1. The van der Waals surface area contributed by atoms with E-state index in [0.29, 0.717) is 5.92 Å². The van der Waals surface area contributed by atoms with Crippen LogP contribution in [0.2, 0.25) is 0 Å². The summed E-state index contributed by atoms with van der Waals surface area (Å²) in [6.07, 6.45) is 4.42. The number of amides is 1. The van der Waals surface area contributed by atoms with Gasteiger partial charge in [0.05, 0.1) is 5.69 Å². The smallest absolute Gasteiger partial charge is 0.268 e. The third kappa shape index (κ3) is 1.66. The fourth-order valence-electron chi connectivity index (χ4n) is 3.83. The van der Waals surface area contributed by atoms with Gasteiger partial charge in [0.1, 0.15) is 0 Å². The summed E-state index contributed by atoms with van der Waals surface area (Å²) >= 11 is 0. The number of nitrogens with two attached hydrogens (primary N) is 1. The highest BCUT2D eigenvalue weighted by Crippen LogP contribution is 2.64. The number of allylic oxidation sites excluding steroid dienone is 1. The predicted octanol–water partition coefficient (Wildman–Crippen LogP) is 3.28. The van der Waals surface area contributed by atoms with Gasteiger partial charge in [-0.2, -0.15) is 0 Å². The number of carbonyl (C=O) groups excluding carboxylic acids is 1. The average Bonchev–Trinajstić information content (AvgIpc) is 2.79. The van der Waals surface area contributed by atoms with Crippen LogP contribution in [0.5, 0.6) is 0 Å². The van der Waals surface area contributed by atoms with Crippen molar-refractivity contribution in [1.82, 2.24) is 0 Å². The van der Waals surface area contributed by atoms with E-state index in [1.54, 1.807) is 0 Å². The molecule has 106 valence electrons. The molecule has 1 saturated carbocycles. The van der Waals surface area contributed by atoms with Crippen molar-refractivity contribution in [2.24, 2.45) is 22.6 Å². The lowest BCUT2D eigenvalue weighted by Crippen LogP contribution is -2.40. The zero-order valence-electron chi connectivity index (χ0n) is 12.4. The zero-order chi connectivity index (χ0) is 14.5. The van der Waals surface area contributed by atoms with Gasteiger partial charge in [-0.15, -0.1) is 0 Å². The van der Waals surface area contributed by atoms with Crippen molar-refractivity contribution in [2.75, 3.05) is 5.01 Å². The van der Waals surface area contributed by atoms with E-state index >= 15 is 0 Å². The Morgan fingerprint density at radius 3 is 2.40 bits per heavy atom. The number of hydrogen-bond acceptors (Lipinski definition) is 2. The van der Waals surface area contributed by atoms with E-state index in [-0.39, 0.29) is 16.7 Å². The van der Waals surface area contributed by atoms with Crippen LogP contribution in [0.4, 0.5) is 5.69 Å². The molecule has 0 unspecified atom stereocenters. The number of anilines is 1. The van der Waals surface area contributed by atoms with Gasteiger partial charge in [0.25, 0.3) is 5.91 Å². The summed E-state index contributed by atoms with van der Waals surface area (Å²) in [7, 11) is 0. The van der Waals surface area contributed by atoms with Gasteiger partial charge < -0.3 is 0 Å². The summed E-state index contributed by atoms with van der Waals surface area (Å²) < 4.78 is 0. The molecule has 2 bridgehead atoms. The van der Waals surface area contributed by atoms with Crippen LogP contribution in [-0.4, -0.2) is 5.91 Å². The lowest BCUT2D eigenvalue weighted by atomic mass is 9.70. The molecule has 1 fully saturated rings. The zero-order valence-corrected chi connectivity index (χ0v) is 12.4. The van der Waals surface area contributed by atoms with Gasteiger partial charge in [-0.05, 0) is 41.7 Å². The van der Waals surface area contributed by atoms with Gasteiger partial charge in [-0.25, -0.2) is 10.9 Å². The minimum absolute atomic E-state index is 0.0577. The summed E-state index contributed by atoms with van der Waals surface area (Å²) in [6, 6.07) is 9.42. The summed E-state index contributed by atoms with van der Waals surface area (Å²) in [5.41, 5.74) is 1.91. The van der Waals surface area contributed by atoms with Crippen LogP contribution in [-0.2, 0) is 4.79 Å². The monoisotopic (exact) mass is 270 g/mol. The Hall–Kier alpha value is -1.61. The fourth-order valence-corrected chi connectivity index (χ4v) is 3.83. The minimum atomic E-state index is -0.0577. The van der Waals surface area contributed by atoms with E-state index in [1.165, 1.54) is 5.01 Å². The first-order chi connectivity index (χ1) is 9.37. The molecule has 1 aromatic carbocycles. The van der Waals surface area contributed by atoms with Crippen molar-refractivity contribution in [1.29, 1.82) is 0 Å². The van der Waals surface area contributed by atoms with Crippen LogP contribution in [0.1, 0.15) is 33.6 Å². The maximum Gasteiger partial charge on any atom is 0.268 e. The molecule has 2 aliphatic rings. The normalized spacial score (nSPS) is 30.2. The average molecular weight is 270 g/mol. The molecule has 20 heavy (non-hydrogen) atoms. The first-order valence-electron chi connectivity index (χ1n) is 7.24. The van der Waals surface area contributed by atoms with E-state index in [4.69, 9.17) is 5.84 Å². The minimum Gasteiger partial charge on any atom is -0.268 e. The first kappa shape index (κ1) is 13.4. The van der Waals surface area contributed by atoms with Gasteiger partial charge in [0.15, 0.2) is 0 Å². The quantitative estimate of drug-likeness (QED) is 0.509. The lowest BCUT2D eigenvalue weighted by Gasteiger charge is -2.34. The molecule has 0 spiro atoms. The summed E-state index contributed by atoms with van der Waals surface area (Å²) in [6.45, 7) is 6.80. The Morgan fingerprint density at radius 2 is 1.90 bits per heavy atom. The SMILES string of the molecule is CC1(C)[C@H]2CC[C@]1(C)C=C2C(=O)N(N)c1ccccc1. The molecule has 0 radical (unpaired) electrons. The molecule has 3 heteroatoms. The third-order valence-electron chi connectivity index (χ3n) is 5.65. The van der Waals surface area contributed by atoms with E-state index in [0.717, 1.165) is 24.1 Å². The van der Waals surface area contributed by atoms with Gasteiger partial charge >= 0.3 is 0 Å². The Kier molecular flexibility index (Phi) is 2.80. The number of hydrogen-bond donors (Lipinski definition) is 1. The molecule has 3 rings (SSSR count). The summed E-state index contributed by atoms with van der Waals surface area (Å²) in [4.78, 5) is 12.7. The maximum absolute atomic E-state index is 12.7. The maximum atomic E-state index is 12.7. The van der Waals surface area contributed by atoms with Crippen LogP contribution in [0, 0.1) is 16.7 Å². The number of rotatable bonds is 2. The van der Waals surface area contributed by atoms with E-state index in [9.17, 15) is 4.79 Å². The highest BCUT2D eigenvalue weighted by Gasteiger charge is 2.57. The Labute approximate surface area is 120 Å². The molecule has 0 heterocycles. The third-order valence-corrected chi connectivity index (χ3v) is 5.65. The molecule has 0 saturated heterocycles. The van der Waals surface area contributed by atoms with E-state index < -0.39 is 0 Å². The Bertz CT molecular complexity index is 576. The van der Waals surface area contributed by atoms with E-state index in [2.05, 4.69) is 26.8 Å². The van der Waals surface area contributed by atoms with Crippen LogP contribution in [0.15, 0.2) is 42.0 Å². The molecule has 2 atom stereocenters. The van der Waals surface area contributed by atoms with Gasteiger partial charge in [0, 0.05) is 5.57 Å². The predicted molar refractivity (Wildman–Crippen MR) is 80.8 cm³/mol. The molecule has 2 N–H and O–H groups in total.